The summed E-state index contributed by atoms with van der Waals surface area (Å²) in [6, 6.07) is 0. The van der Waals surface area contributed by atoms with Crippen molar-refractivity contribution in [1.82, 2.24) is 5.32 Å². The molecule has 1 heterocycles. The van der Waals surface area contributed by atoms with Gasteiger partial charge in [-0.3, -0.25) is 4.79 Å². The van der Waals surface area contributed by atoms with Crippen LogP contribution in [0.15, 0.2) is 0 Å². The Hall–Kier alpha value is -0.320. The summed E-state index contributed by atoms with van der Waals surface area (Å²) in [5.74, 6) is 0.118. The molecule has 1 amide bonds. The molecule has 1 saturated carbocycles. The van der Waals surface area contributed by atoms with Gasteiger partial charge in [-0.2, -0.15) is 0 Å². The Morgan fingerprint density at radius 2 is 2.18 bits per heavy atom. The quantitative estimate of drug-likeness (QED) is 0.787. The molecule has 2 fully saturated rings. The van der Waals surface area contributed by atoms with Gasteiger partial charge in [-0.05, 0) is 38.5 Å². The summed E-state index contributed by atoms with van der Waals surface area (Å²) in [4.78, 5) is 11.6. The number of amides is 1. The Morgan fingerprint density at radius 3 is 2.71 bits per heavy atom. The van der Waals surface area contributed by atoms with E-state index in [9.17, 15) is 4.79 Å². The third-order valence-electron chi connectivity index (χ3n) is 3.70. The van der Waals surface area contributed by atoms with Crippen LogP contribution in [-0.2, 0) is 9.53 Å². The average molecular weight is 263 g/mol. The molecule has 2 rings (SSSR count). The molecule has 1 aliphatic heterocycles. The van der Waals surface area contributed by atoms with Crippen molar-refractivity contribution in [2.24, 2.45) is 5.73 Å². The maximum atomic E-state index is 11.6. The van der Waals surface area contributed by atoms with Gasteiger partial charge in [0.15, 0.2) is 0 Å². The van der Waals surface area contributed by atoms with Crippen LogP contribution in [0.25, 0.3) is 0 Å². The molecule has 1 saturated heterocycles. The van der Waals surface area contributed by atoms with Crippen molar-refractivity contribution in [1.29, 1.82) is 0 Å². The summed E-state index contributed by atoms with van der Waals surface area (Å²) in [5.41, 5.74) is 5.92. The molecule has 5 heteroatoms. The molecule has 1 unspecified atom stereocenters. The van der Waals surface area contributed by atoms with Gasteiger partial charge in [0.2, 0.25) is 5.91 Å². The molecule has 2 aliphatic rings. The fourth-order valence-corrected chi connectivity index (χ4v) is 2.33. The monoisotopic (exact) mass is 262 g/mol. The van der Waals surface area contributed by atoms with E-state index in [4.69, 9.17) is 10.5 Å². The lowest BCUT2D eigenvalue weighted by Gasteiger charge is -2.38. The molecular formula is C12H23ClN2O2. The van der Waals surface area contributed by atoms with E-state index in [1.807, 2.05) is 0 Å². The fraction of sp³-hybridized carbons (Fsp3) is 0.917. The van der Waals surface area contributed by atoms with Crippen molar-refractivity contribution in [3.63, 3.8) is 0 Å². The highest BCUT2D eigenvalue weighted by atomic mass is 35.5. The minimum absolute atomic E-state index is 0. The minimum Gasteiger partial charge on any atom is -0.378 e. The van der Waals surface area contributed by atoms with E-state index in [2.05, 4.69) is 5.32 Å². The summed E-state index contributed by atoms with van der Waals surface area (Å²) in [7, 11) is 0. The smallest absolute Gasteiger partial charge is 0.220 e. The summed E-state index contributed by atoms with van der Waals surface area (Å²) >= 11 is 0. The Morgan fingerprint density at radius 1 is 1.41 bits per heavy atom. The van der Waals surface area contributed by atoms with Crippen LogP contribution < -0.4 is 11.1 Å². The van der Waals surface area contributed by atoms with E-state index in [0.29, 0.717) is 19.1 Å². The van der Waals surface area contributed by atoms with E-state index in [1.54, 1.807) is 0 Å². The number of carbonyl (C=O) groups is 1. The predicted octanol–water partition coefficient (Wildman–Crippen LogP) is 1.36. The van der Waals surface area contributed by atoms with E-state index < -0.39 is 0 Å². The number of carbonyl (C=O) groups excluding carboxylic acids is 1. The number of rotatable bonds is 5. The number of nitrogens with one attached hydrogen (secondary N) is 1. The lowest BCUT2D eigenvalue weighted by atomic mass is 9.78. The average Bonchev–Trinajstić information content (AvgIpc) is 2.73. The van der Waals surface area contributed by atoms with E-state index in [0.717, 1.165) is 38.7 Å². The Balaban J connectivity index is 0.00000144. The molecule has 1 aliphatic carbocycles. The maximum Gasteiger partial charge on any atom is 0.220 e. The molecular weight excluding hydrogens is 240 g/mol. The highest BCUT2D eigenvalue weighted by molar-refractivity contribution is 5.85. The number of ether oxygens (including phenoxy) is 1. The third-order valence-corrected chi connectivity index (χ3v) is 3.70. The summed E-state index contributed by atoms with van der Waals surface area (Å²) in [6.45, 7) is 1.50. The summed E-state index contributed by atoms with van der Waals surface area (Å²) in [5, 5.41) is 2.93. The van der Waals surface area contributed by atoms with Gasteiger partial charge in [-0.15, -0.1) is 12.4 Å². The molecule has 0 radical (unpaired) electrons. The zero-order valence-corrected chi connectivity index (χ0v) is 11.1. The van der Waals surface area contributed by atoms with Gasteiger partial charge in [-0.25, -0.2) is 0 Å². The van der Waals surface area contributed by atoms with Crippen molar-refractivity contribution in [2.75, 3.05) is 13.2 Å². The van der Waals surface area contributed by atoms with Gasteiger partial charge >= 0.3 is 0 Å². The van der Waals surface area contributed by atoms with Crippen LogP contribution in [0.4, 0.5) is 0 Å². The topological polar surface area (TPSA) is 64.3 Å². The second-order valence-electron chi connectivity index (χ2n) is 5.17. The van der Waals surface area contributed by atoms with E-state index >= 15 is 0 Å². The van der Waals surface area contributed by atoms with Crippen LogP contribution >= 0.6 is 12.4 Å². The zero-order chi connectivity index (χ0) is 11.4. The van der Waals surface area contributed by atoms with Crippen molar-refractivity contribution >= 4 is 18.3 Å². The molecule has 4 nitrogen and oxygen atoms in total. The number of halogens is 1. The first-order chi connectivity index (χ1) is 7.68. The molecule has 0 aromatic heterocycles. The Bertz CT molecular complexity index is 251. The van der Waals surface area contributed by atoms with Crippen molar-refractivity contribution in [3.05, 3.63) is 0 Å². The lowest BCUT2D eigenvalue weighted by Crippen LogP contribution is -2.54. The number of hydrogen-bond acceptors (Lipinski definition) is 3. The predicted molar refractivity (Wildman–Crippen MR) is 69.2 cm³/mol. The Labute approximate surface area is 109 Å². The van der Waals surface area contributed by atoms with Gasteiger partial charge in [0.25, 0.3) is 0 Å². The first kappa shape index (κ1) is 14.7. The van der Waals surface area contributed by atoms with Gasteiger partial charge in [-0.1, -0.05) is 0 Å². The highest BCUT2D eigenvalue weighted by Gasteiger charge is 2.32. The number of nitrogens with two attached hydrogens (primary N) is 1. The van der Waals surface area contributed by atoms with Gasteiger partial charge in [0.05, 0.1) is 6.10 Å². The second-order valence-corrected chi connectivity index (χ2v) is 5.17. The summed E-state index contributed by atoms with van der Waals surface area (Å²) < 4.78 is 5.48. The van der Waals surface area contributed by atoms with Crippen molar-refractivity contribution in [2.45, 2.75) is 56.6 Å². The number of hydrogen-bond donors (Lipinski definition) is 2. The first-order valence-electron chi connectivity index (χ1n) is 6.35. The lowest BCUT2D eigenvalue weighted by molar-refractivity contribution is -0.122. The normalized spacial score (nSPS) is 25.8. The molecule has 0 bridgehead atoms. The van der Waals surface area contributed by atoms with Gasteiger partial charge < -0.3 is 15.8 Å². The second kappa shape index (κ2) is 6.57. The van der Waals surface area contributed by atoms with Crippen molar-refractivity contribution in [3.8, 4) is 0 Å². The Kier molecular flexibility index (Phi) is 5.70. The summed E-state index contributed by atoms with van der Waals surface area (Å²) in [6.07, 6.45) is 7.25. The van der Waals surface area contributed by atoms with Crippen LogP contribution in [0.3, 0.4) is 0 Å². The molecule has 0 spiro atoms. The van der Waals surface area contributed by atoms with Crippen LogP contribution in [0.2, 0.25) is 0 Å². The largest absolute Gasteiger partial charge is 0.378 e. The molecule has 17 heavy (non-hydrogen) atoms. The standard InChI is InChI=1S/C12H22N2O2.ClH/c13-12(6-2-7-12)9-14-11(15)5-4-10-3-1-8-16-10;/h10H,1-9,13H2,(H,14,15);1H. The molecule has 1 atom stereocenters. The maximum absolute atomic E-state index is 11.6. The first-order valence-corrected chi connectivity index (χ1v) is 6.35. The van der Waals surface area contributed by atoms with Crippen LogP contribution in [0, 0.1) is 0 Å². The van der Waals surface area contributed by atoms with E-state index in [1.165, 1.54) is 6.42 Å². The van der Waals surface area contributed by atoms with Crippen LogP contribution in [0.1, 0.15) is 44.9 Å². The molecule has 100 valence electrons. The third kappa shape index (κ3) is 4.45. The minimum atomic E-state index is -0.112. The highest BCUT2D eigenvalue weighted by Crippen LogP contribution is 2.28. The van der Waals surface area contributed by atoms with Crippen LogP contribution in [0.5, 0.6) is 0 Å². The van der Waals surface area contributed by atoms with Gasteiger partial charge in [0, 0.05) is 25.1 Å². The molecule has 0 aromatic carbocycles. The van der Waals surface area contributed by atoms with E-state index in [-0.39, 0.29) is 23.9 Å². The molecule has 3 N–H and O–H groups in total. The molecule has 0 aromatic rings. The zero-order valence-electron chi connectivity index (χ0n) is 10.2. The van der Waals surface area contributed by atoms with Gasteiger partial charge in [0.1, 0.15) is 0 Å². The fourth-order valence-electron chi connectivity index (χ4n) is 2.33. The van der Waals surface area contributed by atoms with Crippen molar-refractivity contribution < 1.29 is 9.53 Å². The van der Waals surface area contributed by atoms with Crippen LogP contribution in [-0.4, -0.2) is 30.7 Å². The SMILES string of the molecule is Cl.NC1(CNC(=O)CCC2CCCO2)CCC1.